The van der Waals surface area contributed by atoms with Crippen LogP contribution in [-0.2, 0) is 10.2 Å². The summed E-state index contributed by atoms with van der Waals surface area (Å²) in [5.74, 6) is 1.28. The van der Waals surface area contributed by atoms with Crippen molar-refractivity contribution < 1.29 is 4.74 Å². The number of hydrogen-bond acceptors (Lipinski definition) is 3. The maximum Gasteiger partial charge on any atom is 0.191 e. The zero-order chi connectivity index (χ0) is 19.1. The van der Waals surface area contributed by atoms with E-state index in [0.717, 1.165) is 50.1 Å². The van der Waals surface area contributed by atoms with E-state index < -0.39 is 0 Å². The van der Waals surface area contributed by atoms with Crippen LogP contribution >= 0.6 is 46.9 Å². The van der Waals surface area contributed by atoms with Crippen molar-refractivity contribution in [1.29, 1.82) is 0 Å². The van der Waals surface area contributed by atoms with Gasteiger partial charge in [-0.05, 0) is 58.8 Å². The first-order valence-electron chi connectivity index (χ1n) is 9.43. The zero-order valence-corrected chi connectivity index (χ0v) is 20.3. The Balaban J connectivity index is 0.00000280. The van der Waals surface area contributed by atoms with Crippen molar-refractivity contribution in [2.24, 2.45) is 4.99 Å². The summed E-state index contributed by atoms with van der Waals surface area (Å²) in [5.41, 5.74) is 2.65. The summed E-state index contributed by atoms with van der Waals surface area (Å²) in [5, 5.41) is 12.1. The van der Waals surface area contributed by atoms with Crippen molar-refractivity contribution in [2.45, 2.75) is 31.1 Å². The number of halogens is 2. The van der Waals surface area contributed by atoms with Crippen molar-refractivity contribution in [2.75, 3.05) is 33.4 Å². The van der Waals surface area contributed by atoms with E-state index >= 15 is 0 Å². The van der Waals surface area contributed by atoms with Crippen molar-refractivity contribution in [1.82, 2.24) is 10.6 Å². The SMILES string of the molecule is CN=C(NCC(C)c1ccsc1)NCC1(c2cccc(Cl)c2)CCOCC1.I. The largest absolute Gasteiger partial charge is 0.381 e. The number of aliphatic imine (C=N–C) groups is 1. The van der Waals surface area contributed by atoms with Crippen LogP contribution in [-0.4, -0.2) is 39.3 Å². The van der Waals surface area contributed by atoms with Crippen molar-refractivity contribution in [3.05, 3.63) is 57.2 Å². The van der Waals surface area contributed by atoms with Crippen molar-refractivity contribution in [3.63, 3.8) is 0 Å². The van der Waals surface area contributed by atoms with Crippen LogP contribution in [0.4, 0.5) is 0 Å². The van der Waals surface area contributed by atoms with E-state index in [0.29, 0.717) is 5.92 Å². The Morgan fingerprint density at radius 2 is 2.07 bits per heavy atom. The molecule has 0 spiro atoms. The molecule has 2 heterocycles. The van der Waals surface area contributed by atoms with E-state index in [9.17, 15) is 0 Å². The third-order valence-electron chi connectivity index (χ3n) is 5.39. The molecule has 1 saturated heterocycles. The molecule has 1 atom stereocenters. The minimum Gasteiger partial charge on any atom is -0.381 e. The van der Waals surface area contributed by atoms with Gasteiger partial charge < -0.3 is 15.4 Å². The number of hydrogen-bond donors (Lipinski definition) is 2. The van der Waals surface area contributed by atoms with Gasteiger partial charge in [0.25, 0.3) is 0 Å². The lowest BCUT2D eigenvalue weighted by molar-refractivity contribution is 0.0514. The number of benzene rings is 1. The molecule has 7 heteroatoms. The minimum absolute atomic E-state index is 0. The summed E-state index contributed by atoms with van der Waals surface area (Å²) in [7, 11) is 1.82. The predicted octanol–water partition coefficient (Wildman–Crippen LogP) is 5.04. The molecule has 1 aromatic heterocycles. The van der Waals surface area contributed by atoms with Gasteiger partial charge >= 0.3 is 0 Å². The van der Waals surface area contributed by atoms with Crippen LogP contribution < -0.4 is 10.6 Å². The molecule has 1 aliphatic heterocycles. The molecule has 0 aliphatic carbocycles. The molecule has 0 bridgehead atoms. The molecule has 28 heavy (non-hydrogen) atoms. The van der Waals surface area contributed by atoms with Crippen LogP contribution in [0.25, 0.3) is 0 Å². The molecular formula is C21H29ClIN3OS. The molecule has 2 N–H and O–H groups in total. The smallest absolute Gasteiger partial charge is 0.191 e. The molecule has 2 aromatic rings. The maximum atomic E-state index is 6.26. The van der Waals surface area contributed by atoms with Crippen LogP contribution in [0.5, 0.6) is 0 Å². The van der Waals surface area contributed by atoms with Gasteiger partial charge in [-0.2, -0.15) is 11.3 Å². The highest BCUT2D eigenvalue weighted by Crippen LogP contribution is 2.35. The number of guanidine groups is 1. The lowest BCUT2D eigenvalue weighted by Gasteiger charge is -2.38. The molecule has 0 saturated carbocycles. The van der Waals surface area contributed by atoms with Gasteiger partial charge in [0.15, 0.2) is 5.96 Å². The first-order chi connectivity index (χ1) is 13.1. The van der Waals surface area contributed by atoms with E-state index in [4.69, 9.17) is 16.3 Å². The fourth-order valence-corrected chi connectivity index (χ4v) is 4.52. The van der Waals surface area contributed by atoms with Crippen LogP contribution in [0.1, 0.15) is 36.8 Å². The third-order valence-corrected chi connectivity index (χ3v) is 6.33. The second kappa shape index (κ2) is 11.4. The first-order valence-corrected chi connectivity index (χ1v) is 10.8. The maximum absolute atomic E-state index is 6.26. The summed E-state index contributed by atoms with van der Waals surface area (Å²) in [6.07, 6.45) is 1.95. The molecule has 3 rings (SSSR count). The third kappa shape index (κ3) is 6.08. The standard InChI is InChI=1S/C21H28ClN3OS.HI/c1-16(17-6-11-27-14-17)13-24-20(23-2)25-15-21(7-9-26-10-8-21)18-4-3-5-19(22)12-18;/h3-6,11-12,14,16H,7-10,13,15H2,1-2H3,(H2,23,24,25);1H. The summed E-state index contributed by atoms with van der Waals surface area (Å²) in [6.45, 7) is 5.44. The topological polar surface area (TPSA) is 45.7 Å². The molecule has 154 valence electrons. The Labute approximate surface area is 194 Å². The van der Waals surface area contributed by atoms with E-state index in [1.807, 2.05) is 19.2 Å². The lowest BCUT2D eigenvalue weighted by atomic mass is 9.74. The molecular weight excluding hydrogens is 505 g/mol. The van der Waals surface area contributed by atoms with Gasteiger partial charge in [0.1, 0.15) is 0 Å². The van der Waals surface area contributed by atoms with Crippen LogP contribution in [0, 0.1) is 0 Å². The van der Waals surface area contributed by atoms with Crippen molar-refractivity contribution in [3.8, 4) is 0 Å². The number of rotatable bonds is 6. The second-order valence-electron chi connectivity index (χ2n) is 7.17. The Kier molecular flexibility index (Phi) is 9.53. The van der Waals surface area contributed by atoms with Crippen molar-refractivity contribution >= 4 is 52.9 Å². The summed E-state index contributed by atoms with van der Waals surface area (Å²) in [6, 6.07) is 10.4. The summed E-state index contributed by atoms with van der Waals surface area (Å²) >= 11 is 8.00. The van der Waals surface area contributed by atoms with E-state index in [2.05, 4.69) is 51.5 Å². The van der Waals surface area contributed by atoms with Gasteiger partial charge in [0.05, 0.1) is 0 Å². The molecule has 1 unspecified atom stereocenters. The zero-order valence-electron chi connectivity index (χ0n) is 16.4. The van der Waals surface area contributed by atoms with Gasteiger partial charge in [0.2, 0.25) is 0 Å². The average molecular weight is 534 g/mol. The van der Waals surface area contributed by atoms with E-state index in [1.54, 1.807) is 11.3 Å². The van der Waals surface area contributed by atoms with Crippen LogP contribution in [0.15, 0.2) is 46.1 Å². The Hall–Kier alpha value is -0.830. The highest BCUT2D eigenvalue weighted by molar-refractivity contribution is 14.0. The summed E-state index contributed by atoms with van der Waals surface area (Å²) in [4.78, 5) is 4.41. The lowest BCUT2D eigenvalue weighted by Crippen LogP contribution is -2.48. The predicted molar refractivity (Wildman–Crippen MR) is 131 cm³/mol. The normalized spacial score (nSPS) is 17.5. The minimum atomic E-state index is 0. The van der Waals surface area contributed by atoms with Gasteiger partial charge in [-0.15, -0.1) is 24.0 Å². The Bertz CT molecular complexity index is 748. The number of nitrogens with one attached hydrogen (secondary N) is 2. The molecule has 1 aliphatic rings. The van der Waals surface area contributed by atoms with E-state index in [-0.39, 0.29) is 29.4 Å². The molecule has 1 fully saturated rings. The van der Waals surface area contributed by atoms with Crippen LogP contribution in [0.2, 0.25) is 5.02 Å². The first kappa shape index (κ1) is 23.4. The Morgan fingerprint density at radius 3 is 2.71 bits per heavy atom. The second-order valence-corrected chi connectivity index (χ2v) is 8.38. The van der Waals surface area contributed by atoms with Gasteiger partial charge in [-0.1, -0.05) is 30.7 Å². The molecule has 0 amide bonds. The fourth-order valence-electron chi connectivity index (χ4n) is 3.54. The Morgan fingerprint density at radius 1 is 1.29 bits per heavy atom. The number of nitrogens with zero attached hydrogens (tertiary/aromatic N) is 1. The number of ether oxygens (including phenoxy) is 1. The quantitative estimate of drug-likeness (QED) is 0.311. The average Bonchev–Trinajstić information content (AvgIpc) is 3.23. The van der Waals surface area contributed by atoms with Gasteiger partial charge in [-0.25, -0.2) is 0 Å². The van der Waals surface area contributed by atoms with Crippen LogP contribution in [0.3, 0.4) is 0 Å². The monoisotopic (exact) mass is 533 g/mol. The van der Waals surface area contributed by atoms with Gasteiger partial charge in [-0.3, -0.25) is 4.99 Å². The van der Waals surface area contributed by atoms with Gasteiger partial charge in [0, 0.05) is 43.8 Å². The molecule has 1 aromatic carbocycles. The molecule has 4 nitrogen and oxygen atoms in total. The fraction of sp³-hybridized carbons (Fsp3) is 0.476. The highest BCUT2D eigenvalue weighted by Gasteiger charge is 2.34. The number of thiophene rings is 1. The highest BCUT2D eigenvalue weighted by atomic mass is 127. The molecule has 0 radical (unpaired) electrons. The summed E-state index contributed by atoms with van der Waals surface area (Å²) < 4.78 is 5.62. The van der Waals surface area contributed by atoms with E-state index in [1.165, 1.54) is 11.1 Å².